The van der Waals surface area contributed by atoms with E-state index in [1.807, 2.05) is 0 Å². The Kier molecular flexibility index (Phi) is 5.66. The van der Waals surface area contributed by atoms with Gasteiger partial charge in [-0.3, -0.25) is 4.79 Å². The van der Waals surface area contributed by atoms with Gasteiger partial charge in [-0.15, -0.1) is 0 Å². The number of nitrogens with zero attached hydrogens (tertiary/aromatic N) is 1. The molecular formula is C15H18F3N3O3. The molecule has 1 aliphatic heterocycles. The predicted octanol–water partition coefficient (Wildman–Crippen LogP) is 2.07. The van der Waals surface area contributed by atoms with Crippen molar-refractivity contribution in [3.8, 4) is 0 Å². The SMILES string of the molecule is CC(NC(=O)Nc1cccc(C(F)(F)F)c1)C(=O)N1CCOCC1. The van der Waals surface area contributed by atoms with Gasteiger partial charge in [-0.1, -0.05) is 6.07 Å². The Morgan fingerprint density at radius 2 is 1.92 bits per heavy atom. The summed E-state index contributed by atoms with van der Waals surface area (Å²) < 4.78 is 43.1. The second kappa shape index (κ2) is 7.52. The molecule has 1 unspecified atom stereocenters. The second-order valence-electron chi connectivity index (χ2n) is 5.34. The molecule has 0 bridgehead atoms. The molecule has 2 rings (SSSR count). The van der Waals surface area contributed by atoms with Crippen LogP contribution in [0.1, 0.15) is 12.5 Å². The fourth-order valence-corrected chi connectivity index (χ4v) is 2.26. The average molecular weight is 345 g/mol. The summed E-state index contributed by atoms with van der Waals surface area (Å²) in [6, 6.07) is 2.73. The van der Waals surface area contributed by atoms with Gasteiger partial charge in [0.25, 0.3) is 0 Å². The number of nitrogens with one attached hydrogen (secondary N) is 2. The van der Waals surface area contributed by atoms with Gasteiger partial charge in [-0.05, 0) is 25.1 Å². The van der Waals surface area contributed by atoms with Gasteiger partial charge >= 0.3 is 12.2 Å². The van der Waals surface area contributed by atoms with Crippen molar-refractivity contribution in [2.24, 2.45) is 0 Å². The smallest absolute Gasteiger partial charge is 0.378 e. The summed E-state index contributed by atoms with van der Waals surface area (Å²) in [6.45, 7) is 3.29. The fraction of sp³-hybridized carbons (Fsp3) is 0.467. The number of morpholine rings is 1. The highest BCUT2D eigenvalue weighted by Gasteiger charge is 2.30. The highest BCUT2D eigenvalue weighted by Crippen LogP contribution is 2.30. The minimum Gasteiger partial charge on any atom is -0.378 e. The summed E-state index contributed by atoms with van der Waals surface area (Å²) in [6.07, 6.45) is -4.49. The van der Waals surface area contributed by atoms with E-state index in [1.54, 1.807) is 4.90 Å². The first-order chi connectivity index (χ1) is 11.3. The summed E-state index contributed by atoms with van der Waals surface area (Å²) in [5.74, 6) is -0.266. The first-order valence-corrected chi connectivity index (χ1v) is 7.38. The van der Waals surface area contributed by atoms with E-state index < -0.39 is 23.8 Å². The molecule has 0 saturated carbocycles. The molecule has 6 nitrogen and oxygen atoms in total. The number of ether oxygens (including phenoxy) is 1. The number of carbonyl (C=O) groups is 2. The molecule has 1 aliphatic rings. The number of halogens is 3. The minimum absolute atomic E-state index is 0.00616. The van der Waals surface area contributed by atoms with Crippen LogP contribution in [0.5, 0.6) is 0 Å². The molecular weight excluding hydrogens is 327 g/mol. The molecule has 0 aromatic heterocycles. The molecule has 24 heavy (non-hydrogen) atoms. The Morgan fingerprint density at radius 3 is 2.54 bits per heavy atom. The molecule has 1 atom stereocenters. The lowest BCUT2D eigenvalue weighted by Gasteiger charge is -2.29. The Hall–Kier alpha value is -2.29. The molecule has 1 aromatic carbocycles. The van der Waals surface area contributed by atoms with E-state index in [0.29, 0.717) is 26.3 Å². The van der Waals surface area contributed by atoms with E-state index >= 15 is 0 Å². The van der Waals surface area contributed by atoms with Crippen molar-refractivity contribution in [2.75, 3.05) is 31.6 Å². The maximum absolute atomic E-state index is 12.6. The van der Waals surface area contributed by atoms with Gasteiger partial charge in [0.1, 0.15) is 6.04 Å². The Bertz CT molecular complexity index is 601. The van der Waals surface area contributed by atoms with E-state index in [2.05, 4.69) is 10.6 Å². The molecule has 9 heteroatoms. The fourth-order valence-electron chi connectivity index (χ4n) is 2.26. The maximum atomic E-state index is 12.6. The number of benzene rings is 1. The van der Waals surface area contributed by atoms with Crippen LogP contribution >= 0.6 is 0 Å². The van der Waals surface area contributed by atoms with Crippen molar-refractivity contribution in [2.45, 2.75) is 19.1 Å². The van der Waals surface area contributed by atoms with Crippen LogP contribution in [0.4, 0.5) is 23.7 Å². The van der Waals surface area contributed by atoms with Crippen LogP contribution in [0, 0.1) is 0 Å². The molecule has 0 spiro atoms. The van der Waals surface area contributed by atoms with Crippen molar-refractivity contribution < 1.29 is 27.5 Å². The normalized spacial score (nSPS) is 16.4. The van der Waals surface area contributed by atoms with E-state index in [4.69, 9.17) is 4.74 Å². The van der Waals surface area contributed by atoms with Gasteiger partial charge in [0.05, 0.1) is 18.8 Å². The number of hydrogen-bond acceptors (Lipinski definition) is 3. The monoisotopic (exact) mass is 345 g/mol. The lowest BCUT2D eigenvalue weighted by atomic mass is 10.2. The third kappa shape index (κ3) is 4.85. The Morgan fingerprint density at radius 1 is 1.25 bits per heavy atom. The van der Waals surface area contributed by atoms with Crippen LogP contribution in [-0.4, -0.2) is 49.2 Å². The largest absolute Gasteiger partial charge is 0.416 e. The van der Waals surface area contributed by atoms with E-state index in [0.717, 1.165) is 12.1 Å². The van der Waals surface area contributed by atoms with Crippen LogP contribution < -0.4 is 10.6 Å². The highest BCUT2D eigenvalue weighted by atomic mass is 19.4. The Labute approximate surface area is 137 Å². The number of alkyl halides is 3. The number of carbonyl (C=O) groups excluding carboxylic acids is 2. The number of urea groups is 1. The summed E-state index contributed by atoms with van der Waals surface area (Å²) >= 11 is 0. The zero-order valence-corrected chi connectivity index (χ0v) is 13.0. The Balaban J connectivity index is 1.91. The van der Waals surface area contributed by atoms with Crippen LogP contribution in [-0.2, 0) is 15.7 Å². The molecule has 0 aliphatic carbocycles. The van der Waals surface area contributed by atoms with E-state index in [1.165, 1.54) is 19.1 Å². The first-order valence-electron chi connectivity index (χ1n) is 7.38. The number of rotatable bonds is 3. The summed E-state index contributed by atoms with van der Waals surface area (Å²) in [5.41, 5.74) is -0.869. The summed E-state index contributed by atoms with van der Waals surface area (Å²) in [5, 5.41) is 4.72. The van der Waals surface area contributed by atoms with Crippen LogP contribution in [0.2, 0.25) is 0 Å². The average Bonchev–Trinajstić information content (AvgIpc) is 2.54. The van der Waals surface area contributed by atoms with Gasteiger partial charge in [0.15, 0.2) is 0 Å². The standard InChI is InChI=1S/C15H18F3N3O3/c1-10(13(22)21-5-7-24-8-6-21)19-14(23)20-12-4-2-3-11(9-12)15(16,17)18/h2-4,9-10H,5-8H2,1H3,(H2,19,20,23). The quantitative estimate of drug-likeness (QED) is 0.881. The van der Waals surface area contributed by atoms with Gasteiger partial charge in [-0.25, -0.2) is 4.79 Å². The third-order valence-electron chi connectivity index (χ3n) is 3.49. The molecule has 2 N–H and O–H groups in total. The van der Waals surface area contributed by atoms with Crippen LogP contribution in [0.15, 0.2) is 24.3 Å². The van der Waals surface area contributed by atoms with E-state index in [-0.39, 0.29) is 11.6 Å². The summed E-state index contributed by atoms with van der Waals surface area (Å²) in [4.78, 5) is 25.6. The molecule has 1 heterocycles. The molecule has 1 aromatic rings. The molecule has 1 fully saturated rings. The van der Waals surface area contributed by atoms with E-state index in [9.17, 15) is 22.8 Å². The minimum atomic E-state index is -4.49. The van der Waals surface area contributed by atoms with Crippen molar-refractivity contribution in [3.05, 3.63) is 29.8 Å². The number of anilines is 1. The summed E-state index contributed by atoms with van der Waals surface area (Å²) in [7, 11) is 0. The molecule has 132 valence electrons. The lowest BCUT2D eigenvalue weighted by Crippen LogP contribution is -2.51. The number of amides is 3. The van der Waals surface area contributed by atoms with Crippen LogP contribution in [0.3, 0.4) is 0 Å². The maximum Gasteiger partial charge on any atom is 0.416 e. The van der Waals surface area contributed by atoms with Gasteiger partial charge < -0.3 is 20.3 Å². The van der Waals surface area contributed by atoms with Gasteiger partial charge in [0.2, 0.25) is 5.91 Å². The lowest BCUT2D eigenvalue weighted by molar-refractivity contribution is -0.137. The highest BCUT2D eigenvalue weighted by molar-refractivity contribution is 5.93. The molecule has 1 saturated heterocycles. The topological polar surface area (TPSA) is 70.7 Å². The predicted molar refractivity (Wildman–Crippen MR) is 80.5 cm³/mol. The second-order valence-corrected chi connectivity index (χ2v) is 5.34. The van der Waals surface area contributed by atoms with Gasteiger partial charge in [-0.2, -0.15) is 13.2 Å². The first kappa shape index (κ1) is 18.1. The van der Waals surface area contributed by atoms with Crippen molar-refractivity contribution >= 4 is 17.6 Å². The van der Waals surface area contributed by atoms with Crippen molar-refractivity contribution in [1.82, 2.24) is 10.2 Å². The van der Waals surface area contributed by atoms with Crippen molar-refractivity contribution in [1.29, 1.82) is 0 Å². The molecule has 0 radical (unpaired) electrons. The van der Waals surface area contributed by atoms with Crippen molar-refractivity contribution in [3.63, 3.8) is 0 Å². The van der Waals surface area contributed by atoms with Gasteiger partial charge in [0, 0.05) is 18.8 Å². The molecule has 3 amide bonds. The van der Waals surface area contributed by atoms with Crippen LogP contribution in [0.25, 0.3) is 0 Å². The number of hydrogen-bond donors (Lipinski definition) is 2. The zero-order valence-electron chi connectivity index (χ0n) is 13.0. The third-order valence-corrected chi connectivity index (χ3v) is 3.49. The zero-order chi connectivity index (χ0) is 17.7.